The molecular weight excluding hydrogens is 340 g/mol. The summed E-state index contributed by atoms with van der Waals surface area (Å²) in [6, 6.07) is 12.3. The standard InChI is InChI=1S/C19H19ClN2O3/c1-19(2)15-10-12(20)4-9-16(15)22(18(19)24)11-17(23)21-13-5-7-14(25-3)8-6-13/h4-10H,11H2,1-3H3,(H,21,23). The van der Waals surface area contributed by atoms with E-state index in [2.05, 4.69) is 5.32 Å². The van der Waals surface area contributed by atoms with Crippen LogP contribution in [-0.2, 0) is 15.0 Å². The Kier molecular flexibility index (Phi) is 4.43. The molecule has 0 saturated heterocycles. The molecule has 2 amide bonds. The highest BCUT2D eigenvalue weighted by atomic mass is 35.5. The summed E-state index contributed by atoms with van der Waals surface area (Å²) in [4.78, 5) is 26.7. The van der Waals surface area contributed by atoms with Crippen LogP contribution in [-0.4, -0.2) is 25.5 Å². The van der Waals surface area contributed by atoms with E-state index < -0.39 is 5.41 Å². The van der Waals surface area contributed by atoms with Gasteiger partial charge in [0, 0.05) is 16.4 Å². The van der Waals surface area contributed by atoms with Crippen LogP contribution in [0.2, 0.25) is 5.02 Å². The van der Waals surface area contributed by atoms with Crippen molar-refractivity contribution < 1.29 is 14.3 Å². The maximum atomic E-state index is 12.8. The van der Waals surface area contributed by atoms with Crippen LogP contribution in [0.4, 0.5) is 11.4 Å². The minimum Gasteiger partial charge on any atom is -0.497 e. The van der Waals surface area contributed by atoms with Crippen LogP contribution in [0.3, 0.4) is 0 Å². The molecule has 0 fully saturated rings. The van der Waals surface area contributed by atoms with Crippen molar-refractivity contribution in [3.63, 3.8) is 0 Å². The van der Waals surface area contributed by atoms with E-state index in [1.54, 1.807) is 49.6 Å². The second-order valence-electron chi connectivity index (χ2n) is 6.45. The number of nitrogens with zero attached hydrogens (tertiary/aromatic N) is 1. The molecule has 1 N–H and O–H groups in total. The molecule has 0 aliphatic carbocycles. The molecule has 0 unspecified atom stereocenters. The highest BCUT2D eigenvalue weighted by molar-refractivity contribution is 6.31. The predicted molar refractivity (Wildman–Crippen MR) is 98.5 cm³/mol. The molecule has 0 saturated carbocycles. The average Bonchev–Trinajstić information content (AvgIpc) is 2.76. The molecule has 1 heterocycles. The van der Waals surface area contributed by atoms with E-state index in [1.165, 1.54) is 4.90 Å². The van der Waals surface area contributed by atoms with Crippen LogP contribution in [0.5, 0.6) is 5.75 Å². The van der Waals surface area contributed by atoms with Crippen LogP contribution in [0.25, 0.3) is 0 Å². The molecule has 5 nitrogen and oxygen atoms in total. The summed E-state index contributed by atoms with van der Waals surface area (Å²) in [6.07, 6.45) is 0. The maximum Gasteiger partial charge on any atom is 0.244 e. The summed E-state index contributed by atoms with van der Waals surface area (Å²) >= 11 is 6.06. The first-order valence-corrected chi connectivity index (χ1v) is 8.26. The Morgan fingerprint density at radius 2 is 1.88 bits per heavy atom. The summed E-state index contributed by atoms with van der Waals surface area (Å²) in [5, 5.41) is 3.37. The van der Waals surface area contributed by atoms with Gasteiger partial charge < -0.3 is 15.0 Å². The number of anilines is 2. The van der Waals surface area contributed by atoms with E-state index in [9.17, 15) is 9.59 Å². The van der Waals surface area contributed by atoms with E-state index in [0.29, 0.717) is 16.5 Å². The first-order valence-electron chi connectivity index (χ1n) is 7.89. The number of ether oxygens (including phenoxy) is 1. The third kappa shape index (κ3) is 3.20. The van der Waals surface area contributed by atoms with Crippen molar-refractivity contribution in [3.8, 4) is 5.75 Å². The van der Waals surface area contributed by atoms with Crippen molar-refractivity contribution in [2.45, 2.75) is 19.3 Å². The van der Waals surface area contributed by atoms with Crippen molar-refractivity contribution in [1.29, 1.82) is 0 Å². The molecule has 0 aromatic heterocycles. The number of nitrogens with one attached hydrogen (secondary N) is 1. The lowest BCUT2D eigenvalue weighted by Gasteiger charge is -2.20. The highest BCUT2D eigenvalue weighted by Gasteiger charge is 2.44. The van der Waals surface area contributed by atoms with Gasteiger partial charge in [0.1, 0.15) is 12.3 Å². The Bertz CT molecular complexity index is 831. The Morgan fingerprint density at radius 1 is 1.20 bits per heavy atom. The number of halogens is 1. The average molecular weight is 359 g/mol. The molecule has 0 radical (unpaired) electrons. The second-order valence-corrected chi connectivity index (χ2v) is 6.89. The molecule has 0 atom stereocenters. The Balaban J connectivity index is 1.78. The normalized spacial score (nSPS) is 15.0. The van der Waals surface area contributed by atoms with E-state index in [4.69, 9.17) is 16.3 Å². The predicted octanol–water partition coefficient (Wildman–Crippen LogP) is 3.61. The van der Waals surface area contributed by atoms with Crippen molar-refractivity contribution in [2.24, 2.45) is 0 Å². The number of hydrogen-bond acceptors (Lipinski definition) is 3. The molecule has 130 valence electrons. The van der Waals surface area contributed by atoms with Gasteiger partial charge in [0.05, 0.1) is 12.5 Å². The number of rotatable bonds is 4. The Hall–Kier alpha value is -2.53. The van der Waals surface area contributed by atoms with Gasteiger partial charge in [-0.15, -0.1) is 0 Å². The van der Waals surface area contributed by atoms with E-state index >= 15 is 0 Å². The molecule has 0 spiro atoms. The quantitative estimate of drug-likeness (QED) is 0.908. The first-order chi connectivity index (χ1) is 11.8. The fourth-order valence-corrected chi connectivity index (χ4v) is 3.15. The van der Waals surface area contributed by atoms with Gasteiger partial charge in [0.15, 0.2) is 0 Å². The summed E-state index contributed by atoms with van der Waals surface area (Å²) in [5.74, 6) is 0.326. The molecule has 0 bridgehead atoms. The molecule has 1 aliphatic rings. The summed E-state index contributed by atoms with van der Waals surface area (Å²) in [7, 11) is 1.58. The van der Waals surface area contributed by atoms with Gasteiger partial charge in [-0.3, -0.25) is 9.59 Å². The van der Waals surface area contributed by atoms with Crippen molar-refractivity contribution in [2.75, 3.05) is 23.9 Å². The van der Waals surface area contributed by atoms with Crippen molar-refractivity contribution in [1.82, 2.24) is 0 Å². The topological polar surface area (TPSA) is 58.6 Å². The molecule has 6 heteroatoms. The number of amides is 2. The van der Waals surface area contributed by atoms with Gasteiger partial charge in [-0.2, -0.15) is 0 Å². The molecule has 1 aliphatic heterocycles. The number of hydrogen-bond donors (Lipinski definition) is 1. The lowest BCUT2D eigenvalue weighted by molar-refractivity contribution is -0.124. The zero-order valence-corrected chi connectivity index (χ0v) is 15.1. The lowest BCUT2D eigenvalue weighted by atomic mass is 9.86. The fourth-order valence-electron chi connectivity index (χ4n) is 2.98. The SMILES string of the molecule is COc1ccc(NC(=O)CN2C(=O)C(C)(C)c3cc(Cl)ccc32)cc1. The van der Waals surface area contributed by atoms with Crippen LogP contribution in [0.15, 0.2) is 42.5 Å². The van der Waals surface area contributed by atoms with E-state index in [0.717, 1.165) is 11.3 Å². The number of carbonyl (C=O) groups is 2. The zero-order valence-electron chi connectivity index (χ0n) is 14.3. The second kappa shape index (κ2) is 6.41. The molecular formula is C19H19ClN2O3. The van der Waals surface area contributed by atoms with Crippen LogP contribution in [0.1, 0.15) is 19.4 Å². The van der Waals surface area contributed by atoms with Gasteiger partial charge in [-0.25, -0.2) is 0 Å². The van der Waals surface area contributed by atoms with Gasteiger partial charge in [-0.1, -0.05) is 11.6 Å². The molecule has 3 rings (SSSR count). The molecule has 25 heavy (non-hydrogen) atoms. The van der Waals surface area contributed by atoms with Crippen LogP contribution >= 0.6 is 11.6 Å². The third-order valence-corrected chi connectivity index (χ3v) is 4.61. The summed E-state index contributed by atoms with van der Waals surface area (Å²) in [5.41, 5.74) is 1.50. The largest absolute Gasteiger partial charge is 0.497 e. The van der Waals surface area contributed by atoms with Crippen molar-refractivity contribution in [3.05, 3.63) is 53.1 Å². The Labute approximate surface area is 151 Å². The number of carbonyl (C=O) groups excluding carboxylic acids is 2. The summed E-state index contributed by atoms with van der Waals surface area (Å²) < 4.78 is 5.09. The minimum atomic E-state index is -0.708. The van der Waals surface area contributed by atoms with Gasteiger partial charge in [0.25, 0.3) is 0 Å². The van der Waals surface area contributed by atoms with Crippen LogP contribution in [0, 0.1) is 0 Å². The fraction of sp³-hybridized carbons (Fsp3) is 0.263. The minimum absolute atomic E-state index is 0.0527. The number of benzene rings is 2. The highest BCUT2D eigenvalue weighted by Crippen LogP contribution is 2.42. The van der Waals surface area contributed by atoms with E-state index in [1.807, 2.05) is 13.8 Å². The Morgan fingerprint density at radius 3 is 2.52 bits per heavy atom. The molecule has 2 aromatic carbocycles. The van der Waals surface area contributed by atoms with Gasteiger partial charge in [-0.05, 0) is 61.9 Å². The third-order valence-electron chi connectivity index (χ3n) is 4.38. The van der Waals surface area contributed by atoms with Gasteiger partial charge >= 0.3 is 0 Å². The molecule has 2 aromatic rings. The monoisotopic (exact) mass is 358 g/mol. The lowest BCUT2D eigenvalue weighted by Crippen LogP contribution is -2.40. The van der Waals surface area contributed by atoms with Gasteiger partial charge in [0.2, 0.25) is 11.8 Å². The van der Waals surface area contributed by atoms with Crippen molar-refractivity contribution >= 4 is 34.8 Å². The summed E-state index contributed by atoms with van der Waals surface area (Å²) in [6.45, 7) is 3.63. The van der Waals surface area contributed by atoms with E-state index in [-0.39, 0.29) is 18.4 Å². The first kappa shape index (κ1) is 17.3. The number of fused-ring (bicyclic) bond motifs is 1. The van der Waals surface area contributed by atoms with Crippen LogP contribution < -0.4 is 15.0 Å². The maximum absolute atomic E-state index is 12.8. The number of methoxy groups -OCH3 is 1. The zero-order chi connectivity index (χ0) is 18.2. The smallest absolute Gasteiger partial charge is 0.244 e.